The Kier molecular flexibility index (Phi) is 11.5. The molecule has 0 amide bonds. The SMILES string of the molecule is CCc1cccc(N(c2c(C)cccc2-c2ccccc2)c2cc(C(C)C)c3ccc4c(N(c5cccc(CC)c5)c5c(C)cccc5-c5ccccc5)cc(C(C)C)c5ccc2c3c54)c1. The van der Waals surface area contributed by atoms with E-state index in [4.69, 9.17) is 0 Å². The van der Waals surface area contributed by atoms with Gasteiger partial charge in [0.25, 0.3) is 0 Å². The van der Waals surface area contributed by atoms with E-state index in [2.05, 4.69) is 247 Å². The van der Waals surface area contributed by atoms with Gasteiger partial charge in [-0.25, -0.2) is 0 Å². The average Bonchev–Trinajstić information content (AvgIpc) is 3.35. The zero-order valence-electron chi connectivity index (χ0n) is 39.8. The van der Waals surface area contributed by atoms with Crippen LogP contribution in [0.3, 0.4) is 0 Å². The minimum atomic E-state index is 0.278. The molecule has 0 aliphatic heterocycles. The molecule has 2 heteroatoms. The summed E-state index contributed by atoms with van der Waals surface area (Å²) in [5.41, 5.74) is 19.8. The number of para-hydroxylation sites is 2. The van der Waals surface area contributed by atoms with E-state index in [1.54, 1.807) is 0 Å². The minimum Gasteiger partial charge on any atom is -0.309 e. The van der Waals surface area contributed by atoms with Crippen LogP contribution in [0.25, 0.3) is 54.6 Å². The van der Waals surface area contributed by atoms with Gasteiger partial charge in [-0.1, -0.05) is 187 Å². The summed E-state index contributed by atoms with van der Waals surface area (Å²) >= 11 is 0. The van der Waals surface area contributed by atoms with Crippen molar-refractivity contribution < 1.29 is 0 Å². The Bertz CT molecular complexity index is 3130. The molecule has 326 valence electrons. The molecule has 0 spiro atoms. The van der Waals surface area contributed by atoms with E-state index in [1.807, 2.05) is 0 Å². The zero-order valence-corrected chi connectivity index (χ0v) is 39.8. The normalized spacial score (nSPS) is 11.7. The summed E-state index contributed by atoms with van der Waals surface area (Å²) in [4.78, 5) is 5.17. The second kappa shape index (κ2) is 17.7. The maximum atomic E-state index is 2.58. The van der Waals surface area contributed by atoms with Gasteiger partial charge in [0.05, 0.1) is 22.7 Å². The van der Waals surface area contributed by atoms with Gasteiger partial charge in [0, 0.05) is 33.3 Å². The molecule has 0 aliphatic carbocycles. The lowest BCUT2D eigenvalue weighted by Crippen LogP contribution is -2.15. The molecule has 10 rings (SSSR count). The minimum absolute atomic E-state index is 0.278. The van der Waals surface area contributed by atoms with Crippen LogP contribution in [0.1, 0.15) is 86.8 Å². The Morgan fingerprint density at radius 3 is 1.14 bits per heavy atom. The first kappa shape index (κ1) is 42.8. The molecule has 0 saturated heterocycles. The molecular weight excluding hydrogens is 797 g/mol. The van der Waals surface area contributed by atoms with Gasteiger partial charge in [-0.05, 0) is 141 Å². The van der Waals surface area contributed by atoms with Crippen molar-refractivity contribution in [3.05, 3.63) is 215 Å². The van der Waals surface area contributed by atoms with E-state index in [9.17, 15) is 0 Å². The van der Waals surface area contributed by atoms with Gasteiger partial charge in [0.15, 0.2) is 0 Å². The molecule has 0 N–H and O–H groups in total. The highest BCUT2D eigenvalue weighted by Crippen LogP contribution is 2.53. The summed E-state index contributed by atoms with van der Waals surface area (Å²) in [6.45, 7) is 18.5. The Morgan fingerprint density at radius 2 is 0.758 bits per heavy atom. The van der Waals surface area contributed by atoms with Crippen LogP contribution < -0.4 is 9.80 Å². The van der Waals surface area contributed by atoms with Crippen LogP contribution in [0.5, 0.6) is 0 Å². The molecule has 2 nitrogen and oxygen atoms in total. The van der Waals surface area contributed by atoms with Gasteiger partial charge in [-0.2, -0.15) is 0 Å². The molecule has 0 bridgehead atoms. The van der Waals surface area contributed by atoms with Gasteiger partial charge in [-0.3, -0.25) is 0 Å². The molecule has 10 aromatic carbocycles. The molecule has 0 aliphatic rings. The number of rotatable bonds is 12. The predicted octanol–water partition coefficient (Wildman–Crippen LogP) is 18.8. The summed E-state index contributed by atoms with van der Waals surface area (Å²) in [5, 5.41) is 7.82. The van der Waals surface area contributed by atoms with Crippen LogP contribution in [0.15, 0.2) is 182 Å². The Hall–Kier alpha value is -7.16. The standard InChI is InChI=1S/C64H60N2/c1-9-45-23-19-29-49(37-45)65(63-43(7)21-17-31-51(63)47-25-13-11-14-26-47)59-39-57(41(3)4)53-34-36-56-60(40-58(42(5)6)54-33-35-55(59)61(53)62(54)56)66(50-30-20-24-46(10-2)38-50)64-44(8)22-18-32-52(64)48-27-15-12-16-28-48/h11-42H,9-10H2,1-8H3. The molecule has 0 saturated carbocycles. The Morgan fingerprint density at radius 1 is 0.379 bits per heavy atom. The molecular formula is C64H60N2. The highest BCUT2D eigenvalue weighted by atomic mass is 15.2. The van der Waals surface area contributed by atoms with Crippen molar-refractivity contribution in [1.29, 1.82) is 0 Å². The quantitative estimate of drug-likeness (QED) is 0.113. The number of benzene rings is 10. The monoisotopic (exact) mass is 856 g/mol. The number of hydrogen-bond donors (Lipinski definition) is 0. The van der Waals surface area contributed by atoms with Crippen LogP contribution in [-0.2, 0) is 12.8 Å². The molecule has 0 heterocycles. The fourth-order valence-corrected chi connectivity index (χ4v) is 10.6. The maximum absolute atomic E-state index is 2.58. The van der Waals surface area contributed by atoms with E-state index in [-0.39, 0.29) is 11.8 Å². The second-order valence-corrected chi connectivity index (χ2v) is 18.7. The lowest BCUT2D eigenvalue weighted by atomic mass is 9.83. The fraction of sp³-hybridized carbons (Fsp3) is 0.188. The first-order chi connectivity index (χ1) is 32.2. The lowest BCUT2D eigenvalue weighted by molar-refractivity contribution is 0.875. The average molecular weight is 857 g/mol. The fourth-order valence-electron chi connectivity index (χ4n) is 10.6. The molecule has 0 atom stereocenters. The lowest BCUT2D eigenvalue weighted by Gasteiger charge is -2.34. The van der Waals surface area contributed by atoms with Gasteiger partial charge in [0.1, 0.15) is 0 Å². The van der Waals surface area contributed by atoms with Gasteiger partial charge >= 0.3 is 0 Å². The Balaban J connectivity index is 1.36. The second-order valence-electron chi connectivity index (χ2n) is 18.7. The number of nitrogens with zero attached hydrogens (tertiary/aromatic N) is 2. The van der Waals surface area contributed by atoms with E-state index >= 15 is 0 Å². The third-order valence-electron chi connectivity index (χ3n) is 13.9. The third-order valence-corrected chi connectivity index (χ3v) is 13.9. The molecule has 0 radical (unpaired) electrons. The number of anilines is 6. The van der Waals surface area contributed by atoms with Crippen LogP contribution in [0, 0.1) is 13.8 Å². The summed E-state index contributed by atoms with van der Waals surface area (Å²) in [5.74, 6) is 0.556. The highest BCUT2D eigenvalue weighted by molar-refractivity contribution is 6.29. The van der Waals surface area contributed by atoms with Crippen molar-refractivity contribution in [3.63, 3.8) is 0 Å². The molecule has 66 heavy (non-hydrogen) atoms. The van der Waals surface area contributed by atoms with Crippen LogP contribution in [-0.4, -0.2) is 0 Å². The van der Waals surface area contributed by atoms with Crippen LogP contribution in [0.2, 0.25) is 0 Å². The van der Waals surface area contributed by atoms with Gasteiger partial charge in [0.2, 0.25) is 0 Å². The van der Waals surface area contributed by atoms with Crippen LogP contribution >= 0.6 is 0 Å². The first-order valence-corrected chi connectivity index (χ1v) is 24.0. The van der Waals surface area contributed by atoms with Crippen LogP contribution in [0.4, 0.5) is 34.1 Å². The summed E-state index contributed by atoms with van der Waals surface area (Å²) in [7, 11) is 0. The number of hydrogen-bond acceptors (Lipinski definition) is 2. The van der Waals surface area contributed by atoms with Crippen molar-refractivity contribution >= 4 is 66.4 Å². The largest absolute Gasteiger partial charge is 0.309 e. The summed E-state index contributed by atoms with van der Waals surface area (Å²) < 4.78 is 0. The molecule has 10 aromatic rings. The molecule has 0 unspecified atom stereocenters. The van der Waals surface area contributed by atoms with E-state index in [1.165, 1.54) is 122 Å². The zero-order chi connectivity index (χ0) is 45.6. The van der Waals surface area contributed by atoms with Crippen molar-refractivity contribution in [1.82, 2.24) is 0 Å². The van der Waals surface area contributed by atoms with E-state index in [0.29, 0.717) is 0 Å². The van der Waals surface area contributed by atoms with Gasteiger partial charge in [-0.15, -0.1) is 0 Å². The summed E-state index contributed by atoms with van der Waals surface area (Å²) in [6, 6.07) is 68.6. The smallest absolute Gasteiger partial charge is 0.0569 e. The Labute approximate surface area is 392 Å². The van der Waals surface area contributed by atoms with E-state index in [0.717, 1.165) is 12.8 Å². The van der Waals surface area contributed by atoms with Crippen molar-refractivity contribution in [2.75, 3.05) is 9.80 Å². The molecule has 0 aromatic heterocycles. The molecule has 0 fully saturated rings. The topological polar surface area (TPSA) is 6.48 Å². The number of aryl methyl sites for hydroxylation is 4. The first-order valence-electron chi connectivity index (χ1n) is 24.0. The van der Waals surface area contributed by atoms with Crippen molar-refractivity contribution in [2.24, 2.45) is 0 Å². The predicted molar refractivity (Wildman–Crippen MR) is 287 cm³/mol. The van der Waals surface area contributed by atoms with E-state index < -0.39 is 0 Å². The highest BCUT2D eigenvalue weighted by Gasteiger charge is 2.29. The van der Waals surface area contributed by atoms with Gasteiger partial charge < -0.3 is 9.80 Å². The van der Waals surface area contributed by atoms with Crippen molar-refractivity contribution in [3.8, 4) is 22.3 Å². The maximum Gasteiger partial charge on any atom is 0.0569 e. The van der Waals surface area contributed by atoms with Crippen molar-refractivity contribution in [2.45, 2.75) is 80.1 Å². The third kappa shape index (κ3) is 7.39. The summed E-state index contributed by atoms with van der Waals surface area (Å²) in [6.07, 6.45) is 1.92.